The maximum Gasteiger partial charge on any atom is 0.271 e. The zero-order valence-electron chi connectivity index (χ0n) is 65.4. The Morgan fingerprint density at radius 1 is 0.177 bits per heavy atom. The zero-order valence-corrected chi connectivity index (χ0v) is 65.4. The van der Waals surface area contributed by atoms with Crippen LogP contribution in [0.5, 0.6) is 69.0 Å². The third-order valence-electron chi connectivity index (χ3n) is 18.2. The summed E-state index contributed by atoms with van der Waals surface area (Å²) in [6.45, 7) is -9.82. The number of nitrogens with one attached hydrogen (secondary N) is 12. The molecule has 8 aromatic carbocycles. The first-order valence-electron chi connectivity index (χ1n) is 36.4. The first-order chi connectivity index (χ1) is 59.8. The summed E-state index contributed by atoms with van der Waals surface area (Å²) in [5.41, 5.74) is 24.4. The molecule has 0 atom stereocenters. The van der Waals surface area contributed by atoms with Crippen molar-refractivity contribution in [2.45, 2.75) is 23.7 Å². The molecule has 0 radical (unpaired) electrons. The first kappa shape index (κ1) is 92.4. The third-order valence-corrected chi connectivity index (χ3v) is 18.2. The Hall–Kier alpha value is -15.5. The number of fused-ring (bicyclic) bond motifs is 8. The van der Waals surface area contributed by atoms with Gasteiger partial charge in [0, 0.05) is 92.4 Å². The van der Waals surface area contributed by atoms with Gasteiger partial charge in [-0.3, -0.25) is 123 Å². The van der Waals surface area contributed by atoms with Crippen molar-refractivity contribution in [3.8, 4) is 69.0 Å². The minimum absolute atomic E-state index is 0.0508. The van der Waals surface area contributed by atoms with Gasteiger partial charge in [-0.05, 0) is 95.1 Å². The summed E-state index contributed by atoms with van der Waals surface area (Å²) in [7, 11) is 0. The summed E-state index contributed by atoms with van der Waals surface area (Å²) in [4.78, 5) is 161. The molecule has 48 nitrogen and oxygen atoms in total. The molecular formula is C76H88N24O24. The topological polar surface area (TPSA) is 772 Å². The van der Waals surface area contributed by atoms with Gasteiger partial charge in [0.15, 0.2) is 79.3 Å². The quantitative estimate of drug-likeness (QED) is 0.00964. The summed E-state index contributed by atoms with van der Waals surface area (Å²) >= 11 is 0. The number of rotatable bonds is 40. The van der Waals surface area contributed by atoms with Crippen molar-refractivity contribution in [3.05, 3.63) is 212 Å². The lowest BCUT2D eigenvalue weighted by molar-refractivity contribution is -0.124. The van der Waals surface area contributed by atoms with Gasteiger partial charge in [0.1, 0.15) is 69.0 Å². The Bertz CT molecular complexity index is 4390. The van der Waals surface area contributed by atoms with Crippen LogP contribution in [0.15, 0.2) is 146 Å². The molecule has 0 spiro atoms. The molecule has 0 unspecified atom stereocenters. The fraction of sp³-hybridized carbons (Fsp3) is 0.211. The molecule has 1 aliphatic carbocycles. The van der Waals surface area contributed by atoms with Gasteiger partial charge in [-0.15, -0.1) is 0 Å². The highest BCUT2D eigenvalue weighted by Crippen LogP contribution is 2.55. The lowest BCUT2D eigenvalue weighted by Crippen LogP contribution is -2.35. The van der Waals surface area contributed by atoms with Crippen LogP contribution in [0.25, 0.3) is 0 Å². The van der Waals surface area contributed by atoms with Gasteiger partial charge < -0.3 is 56.8 Å². The summed E-state index contributed by atoms with van der Waals surface area (Å²) in [6.07, 6.45) is 0. The first-order valence-corrected chi connectivity index (χ1v) is 36.4. The largest absolute Gasteiger partial charge is 0.484 e. The molecule has 124 heavy (non-hydrogen) atoms. The van der Waals surface area contributed by atoms with Crippen LogP contribution in [-0.4, -0.2) is 150 Å². The van der Waals surface area contributed by atoms with E-state index in [9.17, 15) is 57.5 Å². The van der Waals surface area contributed by atoms with Gasteiger partial charge in [0.05, 0.1) is 0 Å². The van der Waals surface area contributed by atoms with Crippen LogP contribution in [0.2, 0.25) is 0 Å². The normalized spacial score (nSPS) is 13.5. The highest BCUT2D eigenvalue weighted by molar-refractivity contribution is 5.83. The minimum Gasteiger partial charge on any atom is -0.484 e. The molecule has 9 rings (SSSR count). The molecule has 0 heterocycles. The van der Waals surface area contributed by atoms with Crippen molar-refractivity contribution in [1.29, 1.82) is 0 Å². The van der Waals surface area contributed by atoms with Crippen LogP contribution in [0.4, 0.5) is 0 Å². The number of hydrogen-bond donors (Lipinski definition) is 24. The molecule has 0 saturated carbocycles. The third kappa shape index (κ3) is 24.4. The molecule has 0 fully saturated rings. The molecular weight excluding hydrogens is 1630 g/mol. The van der Waals surface area contributed by atoms with Crippen molar-refractivity contribution < 1.29 is 114 Å². The SMILES string of the molecule is NNC(=O)COc1ccc(C2c3cc(c(OCC(=O)NN)cc3OCC(=O)NN)C(c3ccc(OCC(=O)NN)cc3)c3cc(c(OCC(=O)NN)cc3OCC(=O)NN)C(c3ccc(OCC(=O)NN)cc3)c3cc(c(OCC(=O)NN)cc3OCC(=O)NN)C(c3ccc(OCC(=O)NN)cc3)c3cc2c(OCC(=O)NN)cc3OCC(=O)NN)cc1. The second-order valence-electron chi connectivity index (χ2n) is 26.0. The van der Waals surface area contributed by atoms with Gasteiger partial charge >= 0.3 is 0 Å². The fourth-order valence-corrected chi connectivity index (χ4v) is 12.6. The van der Waals surface area contributed by atoms with Gasteiger partial charge in [-0.25, -0.2) is 70.1 Å². The Morgan fingerprint density at radius 2 is 0.290 bits per heavy atom. The minimum atomic E-state index is -1.58. The second kappa shape index (κ2) is 45.1. The fourth-order valence-electron chi connectivity index (χ4n) is 12.6. The molecule has 0 saturated heterocycles. The zero-order chi connectivity index (χ0) is 89.5. The number of amides is 12. The van der Waals surface area contributed by atoms with E-state index in [2.05, 4.69) is 0 Å². The van der Waals surface area contributed by atoms with Crippen LogP contribution in [0.3, 0.4) is 0 Å². The Balaban J connectivity index is 1.68. The van der Waals surface area contributed by atoms with Crippen molar-refractivity contribution in [1.82, 2.24) is 65.1 Å². The lowest BCUT2D eigenvalue weighted by atomic mass is 9.75. The predicted molar refractivity (Wildman–Crippen MR) is 429 cm³/mol. The van der Waals surface area contributed by atoms with Crippen molar-refractivity contribution >= 4 is 70.9 Å². The van der Waals surface area contributed by atoms with Crippen molar-refractivity contribution in [2.75, 3.05) is 79.3 Å². The van der Waals surface area contributed by atoms with Crippen LogP contribution >= 0.6 is 0 Å². The smallest absolute Gasteiger partial charge is 0.271 e. The molecule has 48 heteroatoms. The lowest BCUT2D eigenvalue weighted by Gasteiger charge is -2.32. The van der Waals surface area contributed by atoms with E-state index < -0.39 is 174 Å². The maximum atomic E-state index is 13.8. The summed E-state index contributed by atoms with van der Waals surface area (Å²) in [5, 5.41) is 0. The maximum absolute atomic E-state index is 13.8. The van der Waals surface area contributed by atoms with E-state index >= 15 is 0 Å². The van der Waals surface area contributed by atoms with Crippen LogP contribution in [0.1, 0.15) is 90.4 Å². The van der Waals surface area contributed by atoms with E-state index in [-0.39, 0.29) is 136 Å². The summed E-state index contributed by atoms with van der Waals surface area (Å²) in [5.74, 6) is 48.8. The summed E-state index contributed by atoms with van der Waals surface area (Å²) in [6, 6.07) is 34.7. The van der Waals surface area contributed by atoms with Gasteiger partial charge in [0.25, 0.3) is 70.9 Å². The van der Waals surface area contributed by atoms with E-state index in [0.717, 1.165) is 0 Å². The summed E-state index contributed by atoms with van der Waals surface area (Å²) < 4.78 is 76.3. The van der Waals surface area contributed by atoms with E-state index in [1.165, 1.54) is 146 Å². The predicted octanol–water partition coefficient (Wildman–Crippen LogP) is -6.85. The molecule has 1 aliphatic rings. The number of nitrogens with two attached hydrogens (primary N) is 12. The Morgan fingerprint density at radius 3 is 0.403 bits per heavy atom. The van der Waals surface area contributed by atoms with E-state index in [1.807, 2.05) is 65.1 Å². The van der Waals surface area contributed by atoms with Crippen molar-refractivity contribution in [2.24, 2.45) is 70.1 Å². The number of carbonyl (C=O) groups excluding carboxylic acids is 12. The Kier molecular flexibility index (Phi) is 33.6. The number of ether oxygens (including phenoxy) is 12. The highest BCUT2D eigenvalue weighted by atomic mass is 16.5. The molecule has 12 amide bonds. The van der Waals surface area contributed by atoms with Crippen LogP contribution in [-0.2, 0) is 57.5 Å². The molecule has 8 bridgehead atoms. The molecule has 8 aromatic rings. The highest BCUT2D eigenvalue weighted by Gasteiger charge is 2.39. The van der Waals surface area contributed by atoms with E-state index in [1.54, 1.807) is 0 Å². The average Bonchev–Trinajstić information content (AvgIpc) is 0.731. The van der Waals surface area contributed by atoms with Gasteiger partial charge in [-0.2, -0.15) is 0 Å². The standard InChI is InChI=1S/C76H88N24O24/c77-89-61(101)25-113-41-9-1-37(2-10-41)73-45-17-47(55(119-31-67(107)95-83)21-53(45)117-29-65(105)93-81)74(38-3-11-42(12-4-38)114-26-62(102)90-78)49-19-51(59(123-35-71(111)99-87)23-57(49)121-33-69(109)97-85)76(40-7-15-44(16-8-40)116-28-64(104)92-80)52-20-50(58(122-34-70(110)98-86)24-60(52)124-36-72(112)100-88)75(39-5-13-43(14-6-39)115-27-63(103)91-79)48-18-46(73)54(118-30-66(106)94-82)22-56(48)120-32-68(108)96-84/h1-24,73-76H,25-36,77-88H2,(H,89,101)(H,90,102)(H,91,103)(H,92,104)(H,93,105)(H,94,106)(H,95,107)(H,96,108)(H,97,109)(H,98,110)(H,99,111)(H,100,112). The van der Waals surface area contributed by atoms with Gasteiger partial charge in [0.2, 0.25) is 0 Å². The molecule has 36 N–H and O–H groups in total. The number of carbonyl (C=O) groups is 12. The molecule has 656 valence electrons. The number of hydrazine groups is 12. The number of benzene rings is 8. The van der Waals surface area contributed by atoms with Crippen molar-refractivity contribution in [3.63, 3.8) is 0 Å². The van der Waals surface area contributed by atoms with E-state index in [4.69, 9.17) is 127 Å². The monoisotopic (exact) mass is 1720 g/mol. The van der Waals surface area contributed by atoms with E-state index in [0.29, 0.717) is 0 Å². The second-order valence-corrected chi connectivity index (χ2v) is 26.0. The molecule has 0 aliphatic heterocycles. The van der Waals surface area contributed by atoms with Gasteiger partial charge in [-0.1, -0.05) is 48.5 Å². The van der Waals surface area contributed by atoms with Crippen LogP contribution in [0, 0.1) is 0 Å². The molecule has 0 aromatic heterocycles. The average molecular weight is 1720 g/mol. The number of hydrogen-bond acceptors (Lipinski definition) is 36. The van der Waals surface area contributed by atoms with Crippen LogP contribution < -0.4 is 192 Å². The Labute approximate surface area is 702 Å².